The second-order valence-electron chi connectivity index (χ2n) is 6.59. The second-order valence-corrected chi connectivity index (χ2v) is 8.54. The summed E-state index contributed by atoms with van der Waals surface area (Å²) in [5, 5.41) is 9.73. The van der Waals surface area contributed by atoms with E-state index in [1.165, 1.54) is 54.7 Å². The third-order valence-electron chi connectivity index (χ3n) is 4.57. The average molecular weight is 422 g/mol. The van der Waals surface area contributed by atoms with Crippen LogP contribution in [-0.2, 0) is 15.4 Å². The maximum absolute atomic E-state index is 12.9. The molecule has 0 aliphatic carbocycles. The van der Waals surface area contributed by atoms with Crippen LogP contribution in [0, 0.1) is 0 Å². The molecule has 0 aliphatic rings. The van der Waals surface area contributed by atoms with Gasteiger partial charge in [0.1, 0.15) is 5.82 Å². The van der Waals surface area contributed by atoms with Crippen LogP contribution in [0.5, 0.6) is 0 Å². The predicted octanol–water partition coefficient (Wildman–Crippen LogP) is 3.93. The number of aliphatic hydroxyl groups is 1. The van der Waals surface area contributed by atoms with E-state index in [2.05, 4.69) is 4.98 Å². The normalized spacial score (nSPS) is 14.4. The predicted molar refractivity (Wildman–Crippen MR) is 102 cm³/mol. The smallest absolute Gasteiger partial charge is 0.384 e. The van der Waals surface area contributed by atoms with Crippen LogP contribution in [0.2, 0.25) is 0 Å². The van der Waals surface area contributed by atoms with Crippen LogP contribution in [0.3, 0.4) is 0 Å². The van der Waals surface area contributed by atoms with Crippen LogP contribution in [0.4, 0.5) is 19.0 Å². The summed E-state index contributed by atoms with van der Waals surface area (Å²) in [6, 6.07) is 13.9. The number of pyridine rings is 1. The molecule has 3 aromatic rings. The zero-order chi connectivity index (χ0) is 21.4. The van der Waals surface area contributed by atoms with Crippen molar-refractivity contribution < 1.29 is 26.7 Å². The van der Waals surface area contributed by atoms with Gasteiger partial charge >= 0.3 is 6.18 Å². The van der Waals surface area contributed by atoms with Crippen molar-refractivity contribution in [2.45, 2.75) is 28.5 Å². The number of hydrogen-bond acceptors (Lipinski definition) is 5. The molecule has 29 heavy (non-hydrogen) atoms. The first kappa shape index (κ1) is 20.8. The van der Waals surface area contributed by atoms with Gasteiger partial charge in [-0.3, -0.25) is 0 Å². The van der Waals surface area contributed by atoms with Crippen LogP contribution >= 0.6 is 0 Å². The first-order valence-electron chi connectivity index (χ1n) is 8.39. The Labute approximate surface area is 165 Å². The van der Waals surface area contributed by atoms with Gasteiger partial charge in [0, 0.05) is 6.20 Å². The molecule has 1 atom stereocenters. The van der Waals surface area contributed by atoms with Crippen molar-refractivity contribution in [1.29, 1.82) is 0 Å². The molecular weight excluding hydrogens is 405 g/mol. The highest BCUT2D eigenvalue weighted by Crippen LogP contribution is 2.39. The highest BCUT2D eigenvalue weighted by molar-refractivity contribution is 7.91. The Bertz CT molecular complexity index is 1110. The lowest BCUT2D eigenvalue weighted by molar-refractivity contribution is -0.258. The van der Waals surface area contributed by atoms with E-state index in [-0.39, 0.29) is 21.2 Å². The number of alkyl halides is 3. The van der Waals surface area contributed by atoms with Gasteiger partial charge in [-0.25, -0.2) is 13.4 Å². The van der Waals surface area contributed by atoms with Gasteiger partial charge in [-0.1, -0.05) is 36.4 Å². The van der Waals surface area contributed by atoms with Crippen molar-refractivity contribution in [3.05, 3.63) is 72.4 Å². The molecule has 0 bridgehead atoms. The van der Waals surface area contributed by atoms with Crippen LogP contribution in [0.1, 0.15) is 12.5 Å². The molecule has 9 heteroatoms. The fourth-order valence-corrected chi connectivity index (χ4v) is 3.87. The Morgan fingerprint density at radius 2 is 1.34 bits per heavy atom. The molecule has 0 radical (unpaired) electrons. The first-order chi connectivity index (χ1) is 13.4. The fourth-order valence-electron chi connectivity index (χ4n) is 2.66. The Morgan fingerprint density at radius 3 is 1.79 bits per heavy atom. The molecule has 0 amide bonds. The topological polar surface area (TPSA) is 93.3 Å². The Morgan fingerprint density at radius 1 is 0.862 bits per heavy atom. The highest BCUT2D eigenvalue weighted by atomic mass is 32.2. The molecule has 1 heterocycles. The molecule has 0 unspecified atom stereocenters. The lowest BCUT2D eigenvalue weighted by Crippen LogP contribution is -2.39. The molecule has 3 N–H and O–H groups in total. The van der Waals surface area contributed by atoms with E-state index in [0.717, 1.165) is 0 Å². The Hall–Kier alpha value is -2.91. The van der Waals surface area contributed by atoms with E-state index >= 15 is 0 Å². The van der Waals surface area contributed by atoms with Crippen molar-refractivity contribution >= 4 is 15.7 Å². The van der Waals surface area contributed by atoms with E-state index < -0.39 is 21.6 Å². The summed E-state index contributed by atoms with van der Waals surface area (Å²) < 4.78 is 64.1. The van der Waals surface area contributed by atoms with Gasteiger partial charge in [-0.15, -0.1) is 0 Å². The number of anilines is 1. The first-order valence-corrected chi connectivity index (χ1v) is 9.88. The van der Waals surface area contributed by atoms with Crippen LogP contribution in [0.25, 0.3) is 11.1 Å². The van der Waals surface area contributed by atoms with E-state index in [1.54, 1.807) is 12.1 Å². The number of nitrogen functional groups attached to an aromatic ring is 1. The highest BCUT2D eigenvalue weighted by Gasteiger charge is 2.51. The lowest BCUT2D eigenvalue weighted by atomic mass is 9.93. The van der Waals surface area contributed by atoms with Gasteiger partial charge in [0.2, 0.25) is 9.84 Å². The minimum absolute atomic E-state index is 0.00168. The number of benzene rings is 2. The molecule has 2 aromatic carbocycles. The van der Waals surface area contributed by atoms with E-state index in [1.807, 2.05) is 0 Å². The molecule has 152 valence electrons. The van der Waals surface area contributed by atoms with E-state index in [4.69, 9.17) is 5.73 Å². The third-order valence-corrected chi connectivity index (χ3v) is 6.32. The van der Waals surface area contributed by atoms with Crippen molar-refractivity contribution in [2.75, 3.05) is 5.73 Å². The second kappa shape index (κ2) is 7.16. The summed E-state index contributed by atoms with van der Waals surface area (Å²) >= 11 is 0. The van der Waals surface area contributed by atoms with Crippen molar-refractivity contribution in [3.8, 4) is 11.1 Å². The van der Waals surface area contributed by atoms with Gasteiger partial charge in [0.25, 0.3) is 0 Å². The molecule has 5 nitrogen and oxygen atoms in total. The molecule has 1 aromatic heterocycles. The molecule has 3 rings (SSSR count). The summed E-state index contributed by atoms with van der Waals surface area (Å²) in [7, 11) is -3.77. The maximum atomic E-state index is 12.9. The lowest BCUT2D eigenvalue weighted by Gasteiger charge is -2.26. The SMILES string of the molecule is C[C@](O)(c1ccc(-c2ccc(S(=O)(=O)c3ccc(N)nc3)cc2)cc1)C(F)(F)F. The van der Waals surface area contributed by atoms with Crippen LogP contribution in [0.15, 0.2) is 76.7 Å². The Kier molecular flexibility index (Phi) is 5.14. The van der Waals surface area contributed by atoms with Gasteiger partial charge in [-0.05, 0) is 47.9 Å². The number of nitrogens with zero attached hydrogens (tertiary/aromatic N) is 1. The van der Waals surface area contributed by atoms with Gasteiger partial charge in [-0.2, -0.15) is 13.2 Å². The largest absolute Gasteiger partial charge is 0.421 e. The number of nitrogens with two attached hydrogens (primary N) is 1. The Balaban J connectivity index is 1.88. The standard InChI is InChI=1S/C20H17F3N2O3S/c1-19(26,20(21,22)23)15-6-2-13(3-7-15)14-4-8-16(9-5-14)29(27,28)17-10-11-18(24)25-12-17/h2-12,26H,1H3,(H2,24,25)/t19-/m0/s1. The van der Waals surface area contributed by atoms with Gasteiger partial charge in [0.15, 0.2) is 5.60 Å². The number of sulfone groups is 1. The van der Waals surface area contributed by atoms with E-state index in [9.17, 15) is 26.7 Å². The zero-order valence-corrected chi connectivity index (χ0v) is 16.0. The molecular formula is C20H17F3N2O3S. The molecule has 0 aliphatic heterocycles. The zero-order valence-electron chi connectivity index (χ0n) is 15.2. The minimum atomic E-state index is -4.80. The summed E-state index contributed by atoms with van der Waals surface area (Å²) in [5.74, 6) is 0.201. The molecule has 0 fully saturated rings. The van der Waals surface area contributed by atoms with Gasteiger partial charge in [0.05, 0.1) is 9.79 Å². The third kappa shape index (κ3) is 3.96. The minimum Gasteiger partial charge on any atom is -0.384 e. The van der Waals surface area contributed by atoms with E-state index in [0.29, 0.717) is 18.1 Å². The summed E-state index contributed by atoms with van der Waals surface area (Å²) in [6.45, 7) is 0.688. The van der Waals surface area contributed by atoms with Crippen LogP contribution < -0.4 is 5.73 Å². The summed E-state index contributed by atoms with van der Waals surface area (Å²) in [6.07, 6.45) is -3.63. The molecule has 0 saturated heterocycles. The number of halogens is 3. The quantitative estimate of drug-likeness (QED) is 0.665. The summed E-state index contributed by atoms with van der Waals surface area (Å²) in [4.78, 5) is 3.82. The number of rotatable bonds is 4. The number of aromatic nitrogens is 1. The van der Waals surface area contributed by atoms with Crippen molar-refractivity contribution in [3.63, 3.8) is 0 Å². The molecule has 0 saturated carbocycles. The maximum Gasteiger partial charge on any atom is 0.421 e. The average Bonchev–Trinajstić information content (AvgIpc) is 2.68. The molecule has 0 spiro atoms. The fraction of sp³-hybridized carbons (Fsp3) is 0.150. The number of hydrogen-bond donors (Lipinski definition) is 2. The van der Waals surface area contributed by atoms with Crippen LogP contribution in [-0.4, -0.2) is 24.7 Å². The summed E-state index contributed by atoms with van der Waals surface area (Å²) in [5.41, 5.74) is 3.40. The van der Waals surface area contributed by atoms with Crippen molar-refractivity contribution in [1.82, 2.24) is 4.98 Å². The van der Waals surface area contributed by atoms with Crippen molar-refractivity contribution in [2.24, 2.45) is 0 Å². The monoisotopic (exact) mass is 422 g/mol. The van der Waals surface area contributed by atoms with Gasteiger partial charge < -0.3 is 10.8 Å².